The lowest BCUT2D eigenvalue weighted by Gasteiger charge is -2.41. The fourth-order valence-corrected chi connectivity index (χ4v) is 10.2. The molecule has 0 aliphatic heterocycles. The summed E-state index contributed by atoms with van der Waals surface area (Å²) in [6.45, 7) is 12.1. The van der Waals surface area contributed by atoms with Crippen molar-refractivity contribution >= 4 is 27.8 Å². The highest BCUT2D eigenvalue weighted by atomic mass is 15.1. The van der Waals surface area contributed by atoms with Crippen LogP contribution in [0.5, 0.6) is 0 Å². The molecule has 0 aromatic heterocycles. The van der Waals surface area contributed by atoms with Gasteiger partial charge in [0, 0.05) is 39.1 Å². The molecule has 0 saturated carbocycles. The van der Waals surface area contributed by atoms with Gasteiger partial charge in [0.2, 0.25) is 0 Å². The highest BCUT2D eigenvalue weighted by molar-refractivity contribution is 6.00. The summed E-state index contributed by atoms with van der Waals surface area (Å²) in [7, 11) is 0. The van der Waals surface area contributed by atoms with Gasteiger partial charge in [-0.25, -0.2) is 0 Å². The van der Waals surface area contributed by atoms with Crippen LogP contribution in [0.25, 0.3) is 44.2 Å². The van der Waals surface area contributed by atoms with Crippen molar-refractivity contribution in [1.29, 1.82) is 0 Å². The number of rotatable bonds is 5. The first-order valence-corrected chi connectivity index (χ1v) is 19.4. The van der Waals surface area contributed by atoms with Crippen LogP contribution in [-0.2, 0) is 10.8 Å². The zero-order valence-corrected chi connectivity index (χ0v) is 31.8. The Balaban J connectivity index is 1.28. The Kier molecular flexibility index (Phi) is 7.14. The van der Waals surface area contributed by atoms with Crippen LogP contribution in [0.15, 0.2) is 176 Å². The SMILES string of the molecule is CC1(C)c2ccccc2-c2ccc(N(c3ccccc3)c3cccc(-c4ccc5ccccc5c4)c3-c3cccc4c3C(C)(C)C3(C)C=CC=CC43)cc21. The maximum absolute atomic E-state index is 2.51. The lowest BCUT2D eigenvalue weighted by molar-refractivity contribution is 0.245. The zero-order chi connectivity index (χ0) is 36.8. The van der Waals surface area contributed by atoms with E-state index in [2.05, 4.69) is 215 Å². The van der Waals surface area contributed by atoms with Gasteiger partial charge in [-0.1, -0.05) is 174 Å². The number of hydrogen-bond acceptors (Lipinski definition) is 1. The van der Waals surface area contributed by atoms with Crippen molar-refractivity contribution in [3.63, 3.8) is 0 Å². The Morgan fingerprint density at radius 2 is 1.20 bits per heavy atom. The van der Waals surface area contributed by atoms with Crippen LogP contribution in [0, 0.1) is 5.41 Å². The van der Waals surface area contributed by atoms with Gasteiger partial charge in [-0.2, -0.15) is 0 Å². The number of allylic oxidation sites excluding steroid dienone is 4. The molecule has 3 aliphatic carbocycles. The summed E-state index contributed by atoms with van der Waals surface area (Å²) in [5.41, 5.74) is 16.5. The average molecular weight is 696 g/mol. The van der Waals surface area contributed by atoms with Gasteiger partial charge in [0.05, 0.1) is 5.69 Å². The summed E-state index contributed by atoms with van der Waals surface area (Å²) >= 11 is 0. The summed E-state index contributed by atoms with van der Waals surface area (Å²) in [4.78, 5) is 2.51. The van der Waals surface area contributed by atoms with E-state index in [0.29, 0.717) is 5.92 Å². The fourth-order valence-electron chi connectivity index (χ4n) is 10.2. The number of fused-ring (bicyclic) bond motifs is 7. The van der Waals surface area contributed by atoms with Gasteiger partial charge in [-0.05, 0) is 97.2 Å². The summed E-state index contributed by atoms with van der Waals surface area (Å²) in [6.07, 6.45) is 9.37. The van der Waals surface area contributed by atoms with Crippen molar-refractivity contribution in [2.45, 2.75) is 51.4 Å². The molecule has 3 aliphatic rings. The molecule has 0 amide bonds. The average Bonchev–Trinajstić information content (AvgIpc) is 3.54. The molecule has 2 unspecified atom stereocenters. The van der Waals surface area contributed by atoms with Gasteiger partial charge in [-0.15, -0.1) is 0 Å². The third kappa shape index (κ3) is 4.57. The van der Waals surface area contributed by atoms with Gasteiger partial charge in [0.1, 0.15) is 0 Å². The van der Waals surface area contributed by atoms with Crippen LogP contribution in [0.3, 0.4) is 0 Å². The van der Waals surface area contributed by atoms with E-state index in [0.717, 1.165) is 11.4 Å². The largest absolute Gasteiger partial charge is 0.310 e. The molecule has 54 heavy (non-hydrogen) atoms. The molecule has 1 heteroatoms. The molecule has 1 nitrogen and oxygen atoms in total. The molecule has 0 saturated heterocycles. The highest BCUT2D eigenvalue weighted by Gasteiger charge is 2.54. The Morgan fingerprint density at radius 1 is 0.500 bits per heavy atom. The predicted molar refractivity (Wildman–Crippen MR) is 229 cm³/mol. The van der Waals surface area contributed by atoms with Crippen LogP contribution in [0.2, 0.25) is 0 Å². The quantitative estimate of drug-likeness (QED) is 0.173. The van der Waals surface area contributed by atoms with E-state index in [1.807, 2.05) is 0 Å². The van der Waals surface area contributed by atoms with Crippen molar-refractivity contribution in [2.75, 3.05) is 4.90 Å². The summed E-state index contributed by atoms with van der Waals surface area (Å²) in [6, 6.07) is 56.7. The summed E-state index contributed by atoms with van der Waals surface area (Å²) in [5, 5.41) is 2.50. The van der Waals surface area contributed by atoms with Crippen molar-refractivity contribution in [1.82, 2.24) is 0 Å². The molecule has 10 rings (SSSR count). The number of anilines is 3. The number of benzene rings is 7. The minimum Gasteiger partial charge on any atom is -0.310 e. The molecule has 0 bridgehead atoms. The van der Waals surface area contributed by atoms with Crippen LogP contribution >= 0.6 is 0 Å². The molecule has 0 heterocycles. The van der Waals surface area contributed by atoms with E-state index >= 15 is 0 Å². The number of hydrogen-bond donors (Lipinski definition) is 0. The minimum absolute atomic E-state index is 0.0437. The maximum atomic E-state index is 2.51. The molecular weight excluding hydrogens is 651 g/mol. The molecule has 0 spiro atoms. The number of nitrogens with zero attached hydrogens (tertiary/aromatic N) is 1. The molecule has 2 atom stereocenters. The normalized spacial score (nSPS) is 19.6. The Labute approximate surface area is 320 Å². The zero-order valence-electron chi connectivity index (χ0n) is 31.8. The van der Waals surface area contributed by atoms with Crippen molar-refractivity contribution in [3.8, 4) is 33.4 Å². The Hall–Kier alpha value is -5.92. The molecule has 7 aromatic rings. The van der Waals surface area contributed by atoms with Crippen molar-refractivity contribution in [3.05, 3.63) is 198 Å². The van der Waals surface area contributed by atoms with Gasteiger partial charge >= 0.3 is 0 Å². The second kappa shape index (κ2) is 11.8. The highest BCUT2D eigenvalue weighted by Crippen LogP contribution is 2.64. The van der Waals surface area contributed by atoms with E-state index in [1.165, 1.54) is 72.1 Å². The van der Waals surface area contributed by atoms with Crippen LogP contribution in [0.4, 0.5) is 17.1 Å². The van der Waals surface area contributed by atoms with Crippen molar-refractivity contribution in [2.24, 2.45) is 5.41 Å². The fraction of sp³-hybridized carbons (Fsp3) is 0.170. The molecule has 7 aromatic carbocycles. The first kappa shape index (κ1) is 32.7. The van der Waals surface area contributed by atoms with E-state index in [4.69, 9.17) is 0 Å². The Morgan fingerprint density at radius 3 is 2.06 bits per heavy atom. The predicted octanol–water partition coefficient (Wildman–Crippen LogP) is 14.5. The standard InChI is InChI=1S/C53H45N/c1-51(2)45-25-12-11-21-41(45)42-31-30-39(34-47(42)51)54(38-19-7-6-8-20-38)48-27-16-22-40(37-29-28-35-17-9-10-18-36(35)33-37)49(48)44-24-15-23-43-46-26-13-14-32-53(46,5)52(3,4)50(43)44/h6-34,46H,1-5H3. The first-order chi connectivity index (χ1) is 26.2. The number of para-hydroxylation sites is 1. The minimum atomic E-state index is -0.125. The van der Waals surface area contributed by atoms with E-state index < -0.39 is 0 Å². The van der Waals surface area contributed by atoms with Crippen LogP contribution in [-0.4, -0.2) is 0 Å². The lowest BCUT2D eigenvalue weighted by Crippen LogP contribution is -2.36. The van der Waals surface area contributed by atoms with Crippen molar-refractivity contribution < 1.29 is 0 Å². The second-order valence-electron chi connectivity index (χ2n) is 16.7. The maximum Gasteiger partial charge on any atom is 0.0546 e. The molecule has 0 radical (unpaired) electrons. The lowest BCUT2D eigenvalue weighted by atomic mass is 9.62. The molecule has 262 valence electrons. The van der Waals surface area contributed by atoms with E-state index in [-0.39, 0.29) is 16.2 Å². The third-order valence-electron chi connectivity index (χ3n) is 13.4. The van der Waals surface area contributed by atoms with Gasteiger partial charge in [0.25, 0.3) is 0 Å². The van der Waals surface area contributed by atoms with Gasteiger partial charge in [0.15, 0.2) is 0 Å². The monoisotopic (exact) mass is 695 g/mol. The topological polar surface area (TPSA) is 3.24 Å². The van der Waals surface area contributed by atoms with Crippen LogP contribution in [0.1, 0.15) is 62.8 Å². The van der Waals surface area contributed by atoms with E-state index in [9.17, 15) is 0 Å². The molecular formula is C53H45N. The van der Waals surface area contributed by atoms with E-state index in [1.54, 1.807) is 0 Å². The summed E-state index contributed by atoms with van der Waals surface area (Å²) in [5.74, 6) is 0.314. The Bertz CT molecular complexity index is 2690. The smallest absolute Gasteiger partial charge is 0.0546 e. The van der Waals surface area contributed by atoms with Gasteiger partial charge in [-0.3, -0.25) is 0 Å². The van der Waals surface area contributed by atoms with Gasteiger partial charge < -0.3 is 4.90 Å². The second-order valence-corrected chi connectivity index (χ2v) is 16.7. The first-order valence-electron chi connectivity index (χ1n) is 19.4. The summed E-state index contributed by atoms with van der Waals surface area (Å²) < 4.78 is 0. The van der Waals surface area contributed by atoms with Crippen LogP contribution < -0.4 is 4.90 Å². The third-order valence-corrected chi connectivity index (χ3v) is 13.4. The molecule has 0 N–H and O–H groups in total. The molecule has 0 fully saturated rings.